The second-order valence-electron chi connectivity index (χ2n) is 10.9. The minimum atomic E-state index is 0.615. The Labute approximate surface area is 252 Å². The summed E-state index contributed by atoms with van der Waals surface area (Å²) < 4.78 is 8.65. The first-order valence-electron chi connectivity index (χ1n) is 14.6. The van der Waals surface area contributed by atoms with Crippen LogP contribution in [0.2, 0.25) is 0 Å². The van der Waals surface area contributed by atoms with E-state index in [2.05, 4.69) is 71.3 Å². The van der Waals surface area contributed by atoms with Crippen molar-refractivity contribution in [2.75, 3.05) is 0 Å². The Morgan fingerprint density at radius 3 is 1.75 bits per heavy atom. The first kappa shape index (κ1) is 24.5. The van der Waals surface area contributed by atoms with E-state index in [4.69, 9.17) is 19.4 Å². The van der Waals surface area contributed by atoms with Gasteiger partial charge in [-0.2, -0.15) is 0 Å². The molecule has 9 aromatic rings. The maximum atomic E-state index is 6.35. The average molecular weight is 565 g/mol. The molecule has 0 saturated heterocycles. The van der Waals surface area contributed by atoms with E-state index in [1.54, 1.807) is 0 Å². The molecule has 0 amide bonds. The van der Waals surface area contributed by atoms with Gasteiger partial charge in [0.15, 0.2) is 17.5 Å². The van der Waals surface area contributed by atoms with Gasteiger partial charge in [-0.1, -0.05) is 109 Å². The largest absolute Gasteiger partial charge is 0.456 e. The molecule has 0 unspecified atom stereocenters. The maximum Gasteiger partial charge on any atom is 0.166 e. The van der Waals surface area contributed by atoms with Crippen molar-refractivity contribution in [2.45, 2.75) is 0 Å². The number of aromatic nitrogens is 4. The Balaban J connectivity index is 1.34. The summed E-state index contributed by atoms with van der Waals surface area (Å²) in [5, 5.41) is 4.57. The molecule has 44 heavy (non-hydrogen) atoms. The van der Waals surface area contributed by atoms with Crippen molar-refractivity contribution in [3.63, 3.8) is 0 Å². The zero-order valence-electron chi connectivity index (χ0n) is 23.6. The van der Waals surface area contributed by atoms with Gasteiger partial charge < -0.3 is 8.98 Å². The smallest absolute Gasteiger partial charge is 0.166 e. The summed E-state index contributed by atoms with van der Waals surface area (Å²) >= 11 is 0. The molecule has 5 heteroatoms. The van der Waals surface area contributed by atoms with Crippen molar-refractivity contribution >= 4 is 43.7 Å². The molecule has 5 nitrogen and oxygen atoms in total. The van der Waals surface area contributed by atoms with Crippen LogP contribution in [0, 0.1) is 0 Å². The quantitative estimate of drug-likeness (QED) is 0.213. The second-order valence-corrected chi connectivity index (χ2v) is 10.9. The van der Waals surface area contributed by atoms with E-state index in [1.165, 1.54) is 10.8 Å². The van der Waals surface area contributed by atoms with Crippen LogP contribution >= 0.6 is 0 Å². The predicted octanol–water partition coefficient (Wildman–Crippen LogP) is 9.87. The topological polar surface area (TPSA) is 56.7 Å². The van der Waals surface area contributed by atoms with Gasteiger partial charge in [-0.05, 0) is 30.3 Å². The minimum Gasteiger partial charge on any atom is -0.456 e. The summed E-state index contributed by atoms with van der Waals surface area (Å²) in [4.78, 5) is 15.0. The van der Waals surface area contributed by atoms with E-state index >= 15 is 0 Å². The summed E-state index contributed by atoms with van der Waals surface area (Å²) in [5.74, 6) is 1.88. The highest BCUT2D eigenvalue weighted by molar-refractivity contribution is 6.17. The summed E-state index contributed by atoms with van der Waals surface area (Å²) in [6.45, 7) is 0. The van der Waals surface area contributed by atoms with Crippen LogP contribution in [0.15, 0.2) is 150 Å². The Morgan fingerprint density at radius 1 is 0.409 bits per heavy atom. The lowest BCUT2D eigenvalue weighted by Crippen LogP contribution is -2.03. The molecule has 0 N–H and O–H groups in total. The Kier molecular flexibility index (Phi) is 5.43. The summed E-state index contributed by atoms with van der Waals surface area (Å²) in [6, 6.07) is 49.7. The number of nitrogens with zero attached hydrogens (tertiary/aromatic N) is 4. The number of hydrogen-bond donors (Lipinski definition) is 0. The maximum absolute atomic E-state index is 6.35. The highest BCUT2D eigenvalue weighted by Gasteiger charge is 2.20. The summed E-state index contributed by atoms with van der Waals surface area (Å²) in [5.41, 5.74) is 7.69. The molecule has 3 aromatic heterocycles. The molecule has 206 valence electrons. The number of fused-ring (bicyclic) bond motifs is 6. The molecule has 0 aliphatic carbocycles. The molecule has 0 radical (unpaired) electrons. The molecule has 0 aliphatic heterocycles. The van der Waals surface area contributed by atoms with Crippen molar-refractivity contribution in [1.82, 2.24) is 19.5 Å². The monoisotopic (exact) mass is 564 g/mol. The molecular formula is C39H24N4O. The van der Waals surface area contributed by atoms with E-state index in [0.29, 0.717) is 17.5 Å². The van der Waals surface area contributed by atoms with Crippen LogP contribution in [0.1, 0.15) is 0 Å². The lowest BCUT2D eigenvalue weighted by atomic mass is 10.1. The van der Waals surface area contributed by atoms with E-state index in [1.807, 2.05) is 78.9 Å². The number of benzene rings is 6. The van der Waals surface area contributed by atoms with E-state index in [0.717, 1.165) is 55.3 Å². The third-order valence-electron chi connectivity index (χ3n) is 8.26. The van der Waals surface area contributed by atoms with Crippen LogP contribution in [0.25, 0.3) is 83.6 Å². The van der Waals surface area contributed by atoms with Gasteiger partial charge in [0.2, 0.25) is 0 Å². The Hall–Kier alpha value is -6.07. The number of furan rings is 1. The van der Waals surface area contributed by atoms with Crippen molar-refractivity contribution in [3.05, 3.63) is 146 Å². The van der Waals surface area contributed by atoms with Crippen molar-refractivity contribution < 1.29 is 4.42 Å². The van der Waals surface area contributed by atoms with Crippen LogP contribution in [0.5, 0.6) is 0 Å². The third-order valence-corrected chi connectivity index (χ3v) is 8.26. The first-order valence-corrected chi connectivity index (χ1v) is 14.6. The normalized spacial score (nSPS) is 11.6. The predicted molar refractivity (Wildman–Crippen MR) is 178 cm³/mol. The standard InChI is InChI=1S/C39H24N4O/c1-3-13-25(14-4-1)37-40-38(26-15-5-2-6-16-26)42-39(41-37)29-19-8-11-21-33(29)43-32-20-10-7-17-27(32)30-23-31-28-18-9-12-22-35(28)44-36(31)24-34(30)43/h1-24H. The number of para-hydroxylation sites is 3. The lowest BCUT2D eigenvalue weighted by molar-refractivity contribution is 0.669. The molecule has 3 heterocycles. The Morgan fingerprint density at radius 2 is 1.00 bits per heavy atom. The van der Waals surface area contributed by atoms with Crippen molar-refractivity contribution in [3.8, 4) is 39.9 Å². The number of hydrogen-bond acceptors (Lipinski definition) is 4. The van der Waals surface area contributed by atoms with Crippen LogP contribution in [-0.4, -0.2) is 19.5 Å². The first-order chi connectivity index (χ1) is 21.8. The Bertz CT molecular complexity index is 2440. The van der Waals surface area contributed by atoms with Crippen LogP contribution in [0.3, 0.4) is 0 Å². The molecule has 0 spiro atoms. The fraction of sp³-hybridized carbons (Fsp3) is 0. The molecule has 0 atom stereocenters. The highest BCUT2D eigenvalue weighted by atomic mass is 16.3. The third kappa shape index (κ3) is 3.83. The van der Waals surface area contributed by atoms with E-state index in [9.17, 15) is 0 Å². The van der Waals surface area contributed by atoms with Gasteiger partial charge >= 0.3 is 0 Å². The summed E-state index contributed by atoms with van der Waals surface area (Å²) in [7, 11) is 0. The highest BCUT2D eigenvalue weighted by Crippen LogP contribution is 2.40. The zero-order valence-corrected chi connectivity index (χ0v) is 23.6. The lowest BCUT2D eigenvalue weighted by Gasteiger charge is -2.14. The van der Waals surface area contributed by atoms with Crippen molar-refractivity contribution in [1.29, 1.82) is 0 Å². The zero-order chi connectivity index (χ0) is 29.0. The van der Waals surface area contributed by atoms with E-state index in [-0.39, 0.29) is 0 Å². The molecule has 6 aromatic carbocycles. The van der Waals surface area contributed by atoms with Gasteiger partial charge in [0.25, 0.3) is 0 Å². The van der Waals surface area contributed by atoms with Crippen LogP contribution in [0.4, 0.5) is 0 Å². The SMILES string of the molecule is c1ccc(-c2nc(-c3ccccc3)nc(-c3ccccc3-n3c4ccccc4c4cc5c(cc43)oc3ccccc35)n2)cc1. The van der Waals surface area contributed by atoms with Gasteiger partial charge in [-0.3, -0.25) is 0 Å². The molecule has 0 saturated carbocycles. The van der Waals surface area contributed by atoms with Crippen LogP contribution < -0.4 is 0 Å². The molecule has 0 aliphatic rings. The van der Waals surface area contributed by atoms with Gasteiger partial charge in [-0.25, -0.2) is 15.0 Å². The molecule has 0 bridgehead atoms. The van der Waals surface area contributed by atoms with Gasteiger partial charge in [0.1, 0.15) is 11.2 Å². The summed E-state index contributed by atoms with van der Waals surface area (Å²) in [6.07, 6.45) is 0. The molecular weight excluding hydrogens is 540 g/mol. The van der Waals surface area contributed by atoms with Gasteiger partial charge in [-0.15, -0.1) is 0 Å². The average Bonchev–Trinajstić information content (AvgIpc) is 3.62. The fourth-order valence-electron chi connectivity index (χ4n) is 6.23. The number of rotatable bonds is 4. The fourth-order valence-corrected chi connectivity index (χ4v) is 6.23. The minimum absolute atomic E-state index is 0.615. The second kappa shape index (κ2) is 9.75. The van der Waals surface area contributed by atoms with Gasteiger partial charge in [0.05, 0.1) is 16.7 Å². The molecule has 9 rings (SSSR count). The molecule has 0 fully saturated rings. The van der Waals surface area contributed by atoms with Crippen molar-refractivity contribution in [2.24, 2.45) is 0 Å². The van der Waals surface area contributed by atoms with E-state index < -0.39 is 0 Å². The van der Waals surface area contributed by atoms with Crippen LogP contribution in [-0.2, 0) is 0 Å². The van der Waals surface area contributed by atoms with Gasteiger partial charge in [0, 0.05) is 44.3 Å².